The minimum atomic E-state index is 0.171. The summed E-state index contributed by atoms with van der Waals surface area (Å²) in [5.74, 6) is 2.06. The Kier molecular flexibility index (Phi) is 5.02. The first-order valence-corrected chi connectivity index (χ1v) is 10.8. The van der Waals surface area contributed by atoms with Crippen LogP contribution < -0.4 is 15.4 Å². The molecule has 0 aliphatic carbocycles. The van der Waals surface area contributed by atoms with Crippen molar-refractivity contribution in [2.75, 3.05) is 18.4 Å². The van der Waals surface area contributed by atoms with Crippen LogP contribution in [0.4, 0.5) is 11.6 Å². The number of thiazole rings is 1. The molecule has 4 aromatic heterocycles. The molecule has 5 rings (SSSR count). The second-order valence-corrected chi connectivity index (χ2v) is 8.43. The molecule has 0 saturated carbocycles. The molecule has 0 bridgehead atoms. The van der Waals surface area contributed by atoms with E-state index < -0.39 is 0 Å². The summed E-state index contributed by atoms with van der Waals surface area (Å²) < 4.78 is 7.09. The number of ether oxygens (including phenoxy) is 1. The van der Waals surface area contributed by atoms with Crippen molar-refractivity contribution in [3.8, 4) is 16.6 Å². The Morgan fingerprint density at radius 1 is 1.10 bits per heavy atom. The van der Waals surface area contributed by atoms with Crippen molar-refractivity contribution < 1.29 is 4.74 Å². The van der Waals surface area contributed by atoms with Gasteiger partial charge in [-0.1, -0.05) is 12.1 Å². The molecule has 7 nitrogen and oxygen atoms in total. The lowest BCUT2D eigenvalue weighted by Crippen LogP contribution is -2.20. The molecule has 1 atom stereocenters. The Hall–Kier alpha value is -3.10. The number of anilines is 2. The standard InChI is InChI=1S/C22H22N6OS/c1-13-4-3-8-24-20(13)22-26-16-10-19(25-12-17(16)30-22)27-18-6-5-14(2)21(28-18)29-15-7-9-23-11-15/h3-6,8,10,12,15,23H,7,9,11H2,1-2H3,(H,25,27,28)/t15-/m1/s1. The summed E-state index contributed by atoms with van der Waals surface area (Å²) in [6.07, 6.45) is 4.81. The Bertz CT molecular complexity index is 1200. The highest BCUT2D eigenvalue weighted by atomic mass is 32.1. The molecular weight excluding hydrogens is 396 g/mol. The van der Waals surface area contributed by atoms with Crippen LogP contribution in [0.1, 0.15) is 17.5 Å². The topological polar surface area (TPSA) is 84.9 Å². The highest BCUT2D eigenvalue weighted by Crippen LogP contribution is 2.31. The molecule has 8 heteroatoms. The summed E-state index contributed by atoms with van der Waals surface area (Å²) in [5, 5.41) is 7.49. The van der Waals surface area contributed by atoms with Crippen LogP contribution in [0.15, 0.2) is 42.7 Å². The van der Waals surface area contributed by atoms with Crippen molar-refractivity contribution in [1.82, 2.24) is 25.3 Å². The maximum absolute atomic E-state index is 6.07. The molecular formula is C22H22N6OS. The highest BCUT2D eigenvalue weighted by molar-refractivity contribution is 7.21. The van der Waals surface area contributed by atoms with Crippen LogP contribution in [-0.4, -0.2) is 39.1 Å². The van der Waals surface area contributed by atoms with Gasteiger partial charge in [-0.25, -0.2) is 9.97 Å². The van der Waals surface area contributed by atoms with Crippen molar-refractivity contribution in [2.45, 2.75) is 26.4 Å². The Morgan fingerprint density at radius 3 is 2.87 bits per heavy atom. The van der Waals surface area contributed by atoms with E-state index in [1.165, 1.54) is 0 Å². The van der Waals surface area contributed by atoms with Gasteiger partial charge in [0.05, 0.1) is 10.2 Å². The van der Waals surface area contributed by atoms with Gasteiger partial charge >= 0.3 is 0 Å². The van der Waals surface area contributed by atoms with E-state index in [9.17, 15) is 0 Å². The third-order valence-corrected chi connectivity index (χ3v) is 6.10. The zero-order valence-electron chi connectivity index (χ0n) is 16.8. The van der Waals surface area contributed by atoms with E-state index in [1.807, 2.05) is 50.4 Å². The molecule has 152 valence electrons. The summed E-state index contributed by atoms with van der Waals surface area (Å²) in [4.78, 5) is 18.4. The first-order valence-electron chi connectivity index (χ1n) is 9.96. The zero-order valence-corrected chi connectivity index (χ0v) is 17.7. The lowest BCUT2D eigenvalue weighted by atomic mass is 10.2. The number of nitrogens with zero attached hydrogens (tertiary/aromatic N) is 4. The molecule has 30 heavy (non-hydrogen) atoms. The summed E-state index contributed by atoms with van der Waals surface area (Å²) in [6, 6.07) is 9.87. The van der Waals surface area contributed by atoms with Crippen molar-refractivity contribution in [1.29, 1.82) is 0 Å². The predicted molar refractivity (Wildman–Crippen MR) is 120 cm³/mol. The van der Waals surface area contributed by atoms with Gasteiger partial charge < -0.3 is 15.4 Å². The maximum Gasteiger partial charge on any atom is 0.218 e. The van der Waals surface area contributed by atoms with Crippen LogP contribution in [-0.2, 0) is 0 Å². The van der Waals surface area contributed by atoms with Crippen molar-refractivity contribution in [3.63, 3.8) is 0 Å². The number of pyridine rings is 3. The molecule has 1 aliphatic heterocycles. The summed E-state index contributed by atoms with van der Waals surface area (Å²) in [7, 11) is 0. The smallest absolute Gasteiger partial charge is 0.218 e. The fourth-order valence-corrected chi connectivity index (χ4v) is 4.41. The SMILES string of the molecule is Cc1ccc(Nc2cc3nc(-c4ncccc4C)sc3cn2)nc1O[C@@H]1CCNC1. The minimum absolute atomic E-state index is 0.171. The summed E-state index contributed by atoms with van der Waals surface area (Å²) >= 11 is 1.60. The van der Waals surface area contributed by atoms with Crippen LogP contribution in [0, 0.1) is 13.8 Å². The van der Waals surface area contributed by atoms with E-state index >= 15 is 0 Å². The molecule has 0 amide bonds. The van der Waals surface area contributed by atoms with Gasteiger partial charge in [-0.2, -0.15) is 4.98 Å². The third-order valence-electron chi connectivity index (χ3n) is 5.09. The van der Waals surface area contributed by atoms with Gasteiger partial charge in [-0.3, -0.25) is 4.98 Å². The Labute approximate surface area is 178 Å². The van der Waals surface area contributed by atoms with Crippen molar-refractivity contribution >= 4 is 33.2 Å². The average Bonchev–Trinajstić information content (AvgIpc) is 3.40. The lowest BCUT2D eigenvalue weighted by molar-refractivity contribution is 0.213. The van der Waals surface area contributed by atoms with Crippen molar-refractivity contribution in [2.24, 2.45) is 0 Å². The first kappa shape index (κ1) is 18.9. The summed E-state index contributed by atoms with van der Waals surface area (Å²) in [5.41, 5.74) is 3.93. The van der Waals surface area contributed by atoms with E-state index in [2.05, 4.69) is 25.6 Å². The lowest BCUT2D eigenvalue weighted by Gasteiger charge is -2.14. The van der Waals surface area contributed by atoms with Crippen LogP contribution in [0.25, 0.3) is 20.9 Å². The minimum Gasteiger partial charge on any atom is -0.473 e. The summed E-state index contributed by atoms with van der Waals surface area (Å²) in [6.45, 7) is 5.90. The number of fused-ring (bicyclic) bond motifs is 1. The zero-order chi connectivity index (χ0) is 20.5. The average molecular weight is 419 g/mol. The van der Waals surface area contributed by atoms with Gasteiger partial charge in [0.15, 0.2) is 0 Å². The van der Waals surface area contributed by atoms with Gasteiger partial charge in [-0.15, -0.1) is 11.3 Å². The maximum atomic E-state index is 6.07. The molecule has 1 saturated heterocycles. The van der Waals surface area contributed by atoms with Crippen molar-refractivity contribution in [3.05, 3.63) is 53.9 Å². The van der Waals surface area contributed by atoms with Crippen LogP contribution in [0.3, 0.4) is 0 Å². The molecule has 1 fully saturated rings. The quantitative estimate of drug-likeness (QED) is 0.501. The second-order valence-electron chi connectivity index (χ2n) is 7.40. The number of aromatic nitrogens is 4. The van der Waals surface area contributed by atoms with E-state index in [0.717, 1.165) is 51.6 Å². The second kappa shape index (κ2) is 7.97. The first-order chi connectivity index (χ1) is 14.7. The van der Waals surface area contributed by atoms with E-state index in [4.69, 9.17) is 9.72 Å². The number of hydrogen-bond acceptors (Lipinski definition) is 8. The monoisotopic (exact) mass is 418 g/mol. The molecule has 5 heterocycles. The van der Waals surface area contributed by atoms with E-state index in [1.54, 1.807) is 17.5 Å². The molecule has 1 aliphatic rings. The van der Waals surface area contributed by atoms with Gasteiger partial charge in [0.25, 0.3) is 0 Å². The van der Waals surface area contributed by atoms with Crippen LogP contribution in [0.5, 0.6) is 5.88 Å². The van der Waals surface area contributed by atoms with Gasteiger partial charge in [0.2, 0.25) is 5.88 Å². The number of aryl methyl sites for hydroxylation is 2. The van der Waals surface area contributed by atoms with Gasteiger partial charge in [0, 0.05) is 30.6 Å². The highest BCUT2D eigenvalue weighted by Gasteiger charge is 2.18. The fourth-order valence-electron chi connectivity index (χ4n) is 3.43. The fraction of sp³-hybridized carbons (Fsp3) is 0.273. The predicted octanol–water partition coefficient (Wildman–Crippen LogP) is 4.25. The molecule has 0 unspecified atom stereocenters. The third kappa shape index (κ3) is 3.83. The van der Waals surface area contributed by atoms with Crippen LogP contribution >= 0.6 is 11.3 Å². The number of hydrogen-bond donors (Lipinski definition) is 2. The molecule has 0 spiro atoms. The Balaban J connectivity index is 1.39. The number of nitrogens with one attached hydrogen (secondary N) is 2. The molecule has 4 aromatic rings. The van der Waals surface area contributed by atoms with Gasteiger partial charge in [-0.05, 0) is 44.5 Å². The normalized spacial score (nSPS) is 16.1. The molecule has 0 radical (unpaired) electrons. The van der Waals surface area contributed by atoms with E-state index in [-0.39, 0.29) is 6.10 Å². The molecule has 2 N–H and O–H groups in total. The van der Waals surface area contributed by atoms with Gasteiger partial charge in [0.1, 0.15) is 28.4 Å². The van der Waals surface area contributed by atoms with Crippen LogP contribution in [0.2, 0.25) is 0 Å². The Morgan fingerprint density at radius 2 is 2.03 bits per heavy atom. The molecule has 0 aromatic carbocycles. The number of rotatable bonds is 5. The largest absolute Gasteiger partial charge is 0.473 e. The van der Waals surface area contributed by atoms with E-state index in [0.29, 0.717) is 17.5 Å².